The largest absolute Gasteiger partial charge is 0.479 e. The monoisotopic (exact) mass is 422 g/mol. The fourth-order valence-electron chi connectivity index (χ4n) is 3.52. The topological polar surface area (TPSA) is 125 Å². The van der Waals surface area contributed by atoms with E-state index in [-0.39, 0.29) is 12.5 Å². The Morgan fingerprint density at radius 1 is 1.13 bits per heavy atom. The average Bonchev–Trinajstić information content (AvgIpc) is 3.40. The number of nitrogens with zero attached hydrogens (tertiary/aromatic N) is 5. The van der Waals surface area contributed by atoms with Gasteiger partial charge in [0, 0.05) is 24.7 Å². The molecule has 0 spiro atoms. The molecular formula is C21H22N6O4. The van der Waals surface area contributed by atoms with Gasteiger partial charge in [0.25, 0.3) is 5.91 Å². The molecule has 31 heavy (non-hydrogen) atoms. The third-order valence-electron chi connectivity index (χ3n) is 5.32. The van der Waals surface area contributed by atoms with Crippen LogP contribution in [0.25, 0.3) is 11.0 Å². The maximum atomic E-state index is 12.9. The Kier molecular flexibility index (Phi) is 4.89. The highest BCUT2D eigenvalue weighted by atomic mass is 16.5. The molecule has 2 aromatic heterocycles. The Bertz CT molecular complexity index is 1120. The summed E-state index contributed by atoms with van der Waals surface area (Å²) in [7, 11) is 0. The number of pyridine rings is 1. The Hall–Kier alpha value is -3.69. The van der Waals surface area contributed by atoms with Crippen molar-refractivity contribution in [3.8, 4) is 11.6 Å². The van der Waals surface area contributed by atoms with E-state index in [1.165, 1.54) is 17.6 Å². The number of carbonyl (C=O) groups is 2. The lowest BCUT2D eigenvalue weighted by Crippen LogP contribution is -2.32. The summed E-state index contributed by atoms with van der Waals surface area (Å²) >= 11 is 0. The number of fused-ring (bicyclic) bond motifs is 1. The maximum absolute atomic E-state index is 12.9. The van der Waals surface area contributed by atoms with Gasteiger partial charge in [-0.05, 0) is 43.0 Å². The zero-order valence-electron chi connectivity index (χ0n) is 16.8. The second-order valence-corrected chi connectivity index (χ2v) is 7.84. The SMILES string of the molecule is NC(=O)Cn1nc2ccc(N3CC[C@@H](Oc4ccc(OCC5CC5)nc4)C3=O)cc2n1. The van der Waals surface area contributed by atoms with Crippen LogP contribution in [0.3, 0.4) is 0 Å². The van der Waals surface area contributed by atoms with Gasteiger partial charge in [-0.3, -0.25) is 9.59 Å². The number of aromatic nitrogens is 4. The number of amides is 2. The third kappa shape index (κ3) is 4.27. The zero-order chi connectivity index (χ0) is 21.4. The lowest BCUT2D eigenvalue weighted by molar-refractivity contribution is -0.123. The lowest BCUT2D eigenvalue weighted by atomic mass is 10.2. The van der Waals surface area contributed by atoms with Crippen molar-refractivity contribution < 1.29 is 19.1 Å². The van der Waals surface area contributed by atoms with Crippen LogP contribution < -0.4 is 20.1 Å². The Balaban J connectivity index is 1.24. The molecule has 10 nitrogen and oxygen atoms in total. The highest BCUT2D eigenvalue weighted by molar-refractivity contribution is 6.00. The van der Waals surface area contributed by atoms with Gasteiger partial charge in [-0.15, -0.1) is 0 Å². The van der Waals surface area contributed by atoms with Crippen LogP contribution in [0.1, 0.15) is 19.3 Å². The summed E-state index contributed by atoms with van der Waals surface area (Å²) in [6.45, 7) is 1.13. The molecule has 3 aromatic rings. The molecule has 1 saturated heterocycles. The van der Waals surface area contributed by atoms with Crippen LogP contribution in [0, 0.1) is 5.92 Å². The van der Waals surface area contributed by atoms with Crippen LogP contribution in [-0.2, 0) is 16.1 Å². The van der Waals surface area contributed by atoms with Gasteiger partial charge in [-0.25, -0.2) is 4.98 Å². The number of carbonyl (C=O) groups excluding carboxylic acids is 2. The van der Waals surface area contributed by atoms with Crippen molar-refractivity contribution in [2.75, 3.05) is 18.1 Å². The van der Waals surface area contributed by atoms with E-state index in [4.69, 9.17) is 15.2 Å². The first-order valence-electron chi connectivity index (χ1n) is 10.3. The van der Waals surface area contributed by atoms with Crippen molar-refractivity contribution in [3.63, 3.8) is 0 Å². The van der Waals surface area contributed by atoms with Gasteiger partial charge in [0.1, 0.15) is 23.3 Å². The smallest absolute Gasteiger partial charge is 0.268 e. The minimum atomic E-state index is -0.582. The summed E-state index contributed by atoms with van der Waals surface area (Å²) in [6.07, 6.45) is 4.01. The van der Waals surface area contributed by atoms with E-state index in [1.54, 1.807) is 41.4 Å². The Labute approximate surface area is 177 Å². The number of benzene rings is 1. The quantitative estimate of drug-likeness (QED) is 0.580. The number of rotatable bonds is 8. The van der Waals surface area contributed by atoms with Gasteiger partial charge < -0.3 is 20.1 Å². The van der Waals surface area contributed by atoms with Gasteiger partial charge in [-0.1, -0.05) is 0 Å². The molecule has 10 heteroatoms. The highest BCUT2D eigenvalue weighted by Gasteiger charge is 2.34. The van der Waals surface area contributed by atoms with Crippen molar-refractivity contribution >= 4 is 28.5 Å². The first-order chi connectivity index (χ1) is 15.0. The predicted molar refractivity (Wildman–Crippen MR) is 111 cm³/mol. The van der Waals surface area contributed by atoms with Crippen LogP contribution >= 0.6 is 0 Å². The van der Waals surface area contributed by atoms with Crippen LogP contribution in [-0.4, -0.2) is 51.0 Å². The second kappa shape index (κ2) is 7.86. The number of anilines is 1. The molecule has 1 aromatic carbocycles. The summed E-state index contributed by atoms with van der Waals surface area (Å²) in [5.41, 5.74) is 7.11. The predicted octanol–water partition coefficient (Wildman–Crippen LogP) is 1.28. The fourth-order valence-corrected chi connectivity index (χ4v) is 3.52. The summed E-state index contributed by atoms with van der Waals surface area (Å²) in [5, 5.41) is 8.45. The summed E-state index contributed by atoms with van der Waals surface area (Å²) in [5.74, 6) is 1.11. The molecule has 1 saturated carbocycles. The maximum Gasteiger partial charge on any atom is 0.268 e. The van der Waals surface area contributed by atoms with E-state index in [1.807, 2.05) is 0 Å². The fraction of sp³-hybridized carbons (Fsp3) is 0.381. The normalized spacial score (nSPS) is 18.5. The molecule has 2 amide bonds. The summed E-state index contributed by atoms with van der Waals surface area (Å²) < 4.78 is 11.5. The van der Waals surface area contributed by atoms with E-state index in [9.17, 15) is 9.59 Å². The molecule has 0 unspecified atom stereocenters. The van der Waals surface area contributed by atoms with E-state index in [2.05, 4.69) is 15.2 Å². The molecule has 2 aliphatic rings. The standard InChI is InChI=1S/C21H22N6O4/c22-19(28)11-27-24-16-5-3-14(9-17(16)25-27)26-8-7-18(21(26)29)31-15-4-6-20(23-10-15)30-12-13-1-2-13/h3-6,9-10,13,18H,1-2,7-8,11-12H2,(H2,22,28)/t18-/m1/s1. The number of primary amides is 1. The molecule has 5 rings (SSSR count). The number of hydrogen-bond donors (Lipinski definition) is 1. The lowest BCUT2D eigenvalue weighted by Gasteiger charge is -2.17. The molecular weight excluding hydrogens is 400 g/mol. The molecule has 160 valence electrons. The summed E-state index contributed by atoms with van der Waals surface area (Å²) in [4.78, 5) is 31.1. The summed E-state index contributed by atoms with van der Waals surface area (Å²) in [6, 6.07) is 8.88. The van der Waals surface area contributed by atoms with Crippen LogP contribution in [0.4, 0.5) is 5.69 Å². The number of hydrogen-bond acceptors (Lipinski definition) is 7. The minimum Gasteiger partial charge on any atom is -0.479 e. The van der Waals surface area contributed by atoms with Crippen molar-refractivity contribution in [3.05, 3.63) is 36.5 Å². The average molecular weight is 422 g/mol. The molecule has 0 radical (unpaired) electrons. The second-order valence-electron chi connectivity index (χ2n) is 7.84. The van der Waals surface area contributed by atoms with Gasteiger partial charge in [0.05, 0.1) is 12.8 Å². The van der Waals surface area contributed by atoms with Crippen molar-refractivity contribution in [2.45, 2.75) is 31.9 Å². The molecule has 1 aliphatic carbocycles. The third-order valence-corrected chi connectivity index (χ3v) is 5.32. The van der Waals surface area contributed by atoms with Crippen molar-refractivity contribution in [1.82, 2.24) is 20.0 Å². The van der Waals surface area contributed by atoms with Crippen LogP contribution in [0.2, 0.25) is 0 Å². The number of ether oxygens (including phenoxy) is 2. The van der Waals surface area contributed by atoms with Gasteiger partial charge in [-0.2, -0.15) is 15.0 Å². The molecule has 0 bridgehead atoms. The van der Waals surface area contributed by atoms with Crippen LogP contribution in [0.5, 0.6) is 11.6 Å². The van der Waals surface area contributed by atoms with Crippen LogP contribution in [0.15, 0.2) is 36.5 Å². The van der Waals surface area contributed by atoms with Gasteiger partial charge in [0.15, 0.2) is 6.10 Å². The Morgan fingerprint density at radius 3 is 2.71 bits per heavy atom. The molecule has 3 heterocycles. The van der Waals surface area contributed by atoms with E-state index in [0.29, 0.717) is 53.8 Å². The number of nitrogens with two attached hydrogens (primary N) is 1. The Morgan fingerprint density at radius 2 is 1.97 bits per heavy atom. The van der Waals surface area contributed by atoms with E-state index < -0.39 is 12.0 Å². The first kappa shape index (κ1) is 19.3. The van der Waals surface area contributed by atoms with Crippen molar-refractivity contribution in [1.29, 1.82) is 0 Å². The minimum absolute atomic E-state index is 0.0962. The molecule has 2 N–H and O–H groups in total. The van der Waals surface area contributed by atoms with E-state index in [0.717, 1.165) is 0 Å². The van der Waals surface area contributed by atoms with Gasteiger partial charge in [0.2, 0.25) is 11.8 Å². The molecule has 1 atom stereocenters. The van der Waals surface area contributed by atoms with Crippen molar-refractivity contribution in [2.24, 2.45) is 11.7 Å². The molecule has 2 fully saturated rings. The van der Waals surface area contributed by atoms with Gasteiger partial charge >= 0.3 is 0 Å². The highest BCUT2D eigenvalue weighted by Crippen LogP contribution is 2.30. The molecule has 1 aliphatic heterocycles. The van der Waals surface area contributed by atoms with E-state index >= 15 is 0 Å². The first-order valence-corrected chi connectivity index (χ1v) is 10.3. The zero-order valence-corrected chi connectivity index (χ0v) is 16.8.